The molecule has 4 nitrogen and oxygen atoms in total. The van der Waals surface area contributed by atoms with Gasteiger partial charge in [0.05, 0.1) is 6.10 Å². The van der Waals surface area contributed by atoms with Crippen molar-refractivity contribution >= 4 is 11.6 Å². The van der Waals surface area contributed by atoms with Crippen LogP contribution in [0.4, 0.5) is 11.6 Å². The van der Waals surface area contributed by atoms with Crippen LogP contribution in [0.5, 0.6) is 0 Å². The molecule has 1 fully saturated rings. The van der Waals surface area contributed by atoms with Crippen molar-refractivity contribution in [3.05, 3.63) is 18.2 Å². The summed E-state index contributed by atoms with van der Waals surface area (Å²) in [5.41, 5.74) is 0. The highest BCUT2D eigenvalue weighted by atomic mass is 16.3. The molecule has 0 aliphatic carbocycles. The van der Waals surface area contributed by atoms with E-state index >= 15 is 0 Å². The summed E-state index contributed by atoms with van der Waals surface area (Å²) >= 11 is 0. The lowest BCUT2D eigenvalue weighted by atomic mass is 10.2. The van der Waals surface area contributed by atoms with Gasteiger partial charge in [0.1, 0.15) is 11.6 Å². The van der Waals surface area contributed by atoms with E-state index < -0.39 is 0 Å². The molecule has 2 rings (SSSR count). The molecule has 0 atom stereocenters. The van der Waals surface area contributed by atoms with Crippen LogP contribution < -0.4 is 10.2 Å². The van der Waals surface area contributed by atoms with Gasteiger partial charge in [-0.3, -0.25) is 0 Å². The zero-order valence-electron chi connectivity index (χ0n) is 9.14. The van der Waals surface area contributed by atoms with Gasteiger partial charge in [0.15, 0.2) is 0 Å². The van der Waals surface area contributed by atoms with Crippen molar-refractivity contribution in [2.24, 2.45) is 0 Å². The highest BCUT2D eigenvalue weighted by Crippen LogP contribution is 2.20. The van der Waals surface area contributed by atoms with E-state index in [1.807, 2.05) is 18.2 Å². The van der Waals surface area contributed by atoms with E-state index in [1.54, 1.807) is 0 Å². The van der Waals surface area contributed by atoms with E-state index in [9.17, 15) is 5.11 Å². The Hall–Kier alpha value is -1.29. The third kappa shape index (κ3) is 2.39. The fourth-order valence-corrected chi connectivity index (χ4v) is 1.62. The van der Waals surface area contributed by atoms with E-state index in [0.29, 0.717) is 19.1 Å². The van der Waals surface area contributed by atoms with Crippen LogP contribution in [-0.4, -0.2) is 35.3 Å². The van der Waals surface area contributed by atoms with Crippen LogP contribution in [0.25, 0.3) is 0 Å². The van der Waals surface area contributed by atoms with Crippen molar-refractivity contribution < 1.29 is 5.11 Å². The molecule has 1 saturated heterocycles. The molecule has 15 heavy (non-hydrogen) atoms. The molecule has 0 unspecified atom stereocenters. The maximum absolute atomic E-state index is 9.21. The quantitative estimate of drug-likeness (QED) is 0.778. The molecule has 0 spiro atoms. The van der Waals surface area contributed by atoms with E-state index in [-0.39, 0.29) is 6.10 Å². The maximum Gasteiger partial charge on any atom is 0.131 e. The van der Waals surface area contributed by atoms with Crippen LogP contribution in [0, 0.1) is 0 Å². The largest absolute Gasteiger partial charge is 0.389 e. The van der Waals surface area contributed by atoms with Crippen molar-refractivity contribution in [3.8, 4) is 0 Å². The van der Waals surface area contributed by atoms with Gasteiger partial charge in [-0.15, -0.1) is 0 Å². The summed E-state index contributed by atoms with van der Waals surface area (Å²) in [6.07, 6.45) is -0.187. The Bertz CT molecular complexity index is 334. The molecule has 0 radical (unpaired) electrons. The molecule has 0 saturated carbocycles. The van der Waals surface area contributed by atoms with Crippen LogP contribution in [0.1, 0.15) is 13.8 Å². The number of hydrogen-bond acceptors (Lipinski definition) is 4. The van der Waals surface area contributed by atoms with E-state index in [1.165, 1.54) is 0 Å². The molecule has 2 heterocycles. The zero-order chi connectivity index (χ0) is 10.8. The summed E-state index contributed by atoms with van der Waals surface area (Å²) in [5, 5.41) is 12.5. The number of nitrogens with zero attached hydrogens (tertiary/aromatic N) is 2. The van der Waals surface area contributed by atoms with Crippen LogP contribution >= 0.6 is 0 Å². The molecule has 0 aromatic carbocycles. The van der Waals surface area contributed by atoms with Crippen molar-refractivity contribution in [1.29, 1.82) is 0 Å². The number of anilines is 2. The molecule has 0 bridgehead atoms. The highest BCUT2D eigenvalue weighted by molar-refractivity contribution is 5.49. The lowest BCUT2D eigenvalue weighted by Crippen LogP contribution is -2.51. The number of aromatic nitrogens is 1. The number of rotatable bonds is 3. The van der Waals surface area contributed by atoms with Crippen molar-refractivity contribution in [1.82, 2.24) is 4.98 Å². The lowest BCUT2D eigenvalue weighted by molar-refractivity contribution is 0.141. The fraction of sp³-hybridized carbons (Fsp3) is 0.545. The predicted molar refractivity (Wildman–Crippen MR) is 61.2 cm³/mol. The monoisotopic (exact) mass is 207 g/mol. The average Bonchev–Trinajstić information content (AvgIpc) is 2.12. The molecule has 1 aliphatic heterocycles. The maximum atomic E-state index is 9.21. The third-order valence-corrected chi connectivity index (χ3v) is 2.36. The van der Waals surface area contributed by atoms with Gasteiger partial charge in [0.2, 0.25) is 0 Å². The molecule has 4 heteroatoms. The van der Waals surface area contributed by atoms with Gasteiger partial charge in [-0.05, 0) is 26.0 Å². The van der Waals surface area contributed by atoms with Crippen LogP contribution in [0.3, 0.4) is 0 Å². The number of pyridine rings is 1. The Morgan fingerprint density at radius 3 is 2.80 bits per heavy atom. The normalized spacial score (nSPS) is 16.7. The minimum atomic E-state index is -0.187. The Labute approximate surface area is 89.9 Å². The first-order valence-electron chi connectivity index (χ1n) is 5.32. The van der Waals surface area contributed by atoms with Gasteiger partial charge in [0.25, 0.3) is 0 Å². The number of aliphatic hydroxyl groups is 1. The minimum absolute atomic E-state index is 0.187. The predicted octanol–water partition coefficient (Wildman–Crippen LogP) is 1.08. The van der Waals surface area contributed by atoms with E-state index in [0.717, 1.165) is 11.6 Å². The Balaban J connectivity index is 2.06. The SMILES string of the molecule is CC(C)Nc1cccc(N2CC(O)C2)n1. The van der Waals surface area contributed by atoms with Crippen LogP contribution in [0.15, 0.2) is 18.2 Å². The first-order chi connectivity index (χ1) is 7.15. The molecular formula is C11H17N3O. The summed E-state index contributed by atoms with van der Waals surface area (Å²) < 4.78 is 0. The third-order valence-electron chi connectivity index (χ3n) is 2.36. The first-order valence-corrected chi connectivity index (χ1v) is 5.32. The molecule has 0 amide bonds. The summed E-state index contributed by atoms with van der Waals surface area (Å²) in [7, 11) is 0. The molecule has 1 aliphatic rings. The second-order valence-corrected chi connectivity index (χ2v) is 4.24. The second-order valence-electron chi connectivity index (χ2n) is 4.24. The van der Waals surface area contributed by atoms with Crippen molar-refractivity contribution in [2.45, 2.75) is 26.0 Å². The zero-order valence-corrected chi connectivity index (χ0v) is 9.14. The standard InChI is InChI=1S/C11H17N3O/c1-8(2)12-10-4-3-5-11(13-10)14-6-9(15)7-14/h3-5,8-9,15H,6-7H2,1-2H3,(H,12,13). The van der Waals surface area contributed by atoms with Gasteiger partial charge >= 0.3 is 0 Å². The van der Waals surface area contributed by atoms with E-state index in [2.05, 4.69) is 29.0 Å². The number of nitrogens with one attached hydrogen (secondary N) is 1. The van der Waals surface area contributed by atoms with Gasteiger partial charge in [-0.2, -0.15) is 0 Å². The topological polar surface area (TPSA) is 48.4 Å². The van der Waals surface area contributed by atoms with Gasteiger partial charge in [0, 0.05) is 19.1 Å². The summed E-state index contributed by atoms with van der Waals surface area (Å²) in [4.78, 5) is 6.54. The minimum Gasteiger partial charge on any atom is -0.389 e. The van der Waals surface area contributed by atoms with Crippen LogP contribution in [0.2, 0.25) is 0 Å². The molecule has 2 N–H and O–H groups in total. The summed E-state index contributed by atoms with van der Waals surface area (Å²) in [6, 6.07) is 6.30. The highest BCUT2D eigenvalue weighted by Gasteiger charge is 2.25. The summed E-state index contributed by atoms with van der Waals surface area (Å²) in [5.74, 6) is 1.83. The van der Waals surface area contributed by atoms with E-state index in [4.69, 9.17) is 0 Å². The molecule has 1 aromatic rings. The van der Waals surface area contributed by atoms with Crippen LogP contribution in [-0.2, 0) is 0 Å². The van der Waals surface area contributed by atoms with Gasteiger partial charge in [-0.25, -0.2) is 4.98 Å². The number of β-amino-alcohol motifs (C(OH)–C–C–N with tert-alkyl or cyclic N) is 1. The van der Waals surface area contributed by atoms with Crippen molar-refractivity contribution in [2.75, 3.05) is 23.3 Å². The summed E-state index contributed by atoms with van der Waals surface area (Å²) in [6.45, 7) is 5.56. The van der Waals surface area contributed by atoms with Gasteiger partial charge < -0.3 is 15.3 Å². The smallest absolute Gasteiger partial charge is 0.131 e. The number of hydrogen-bond donors (Lipinski definition) is 2. The molecule has 1 aromatic heterocycles. The molecular weight excluding hydrogens is 190 g/mol. The van der Waals surface area contributed by atoms with Crippen molar-refractivity contribution in [3.63, 3.8) is 0 Å². The second kappa shape index (κ2) is 4.06. The average molecular weight is 207 g/mol. The number of aliphatic hydroxyl groups excluding tert-OH is 1. The van der Waals surface area contributed by atoms with Gasteiger partial charge in [-0.1, -0.05) is 6.07 Å². The first kappa shape index (κ1) is 10.2. The Morgan fingerprint density at radius 1 is 1.47 bits per heavy atom. The Kier molecular flexibility index (Phi) is 2.77. The Morgan fingerprint density at radius 2 is 2.20 bits per heavy atom. The fourth-order valence-electron chi connectivity index (χ4n) is 1.62. The lowest BCUT2D eigenvalue weighted by Gasteiger charge is -2.37. The molecule has 82 valence electrons.